The van der Waals surface area contributed by atoms with Gasteiger partial charge in [-0.05, 0) is 25.0 Å². The molecular weight excluding hydrogens is 219 g/mol. The van der Waals surface area contributed by atoms with Crippen LogP contribution in [0.4, 0.5) is 4.39 Å². The van der Waals surface area contributed by atoms with Gasteiger partial charge in [0.1, 0.15) is 11.6 Å². The summed E-state index contributed by atoms with van der Waals surface area (Å²) < 4.78 is 15.2. The molecule has 2 aromatic rings. The Hall–Kier alpha value is -1.75. The molecule has 1 aliphatic carbocycles. The number of nitrogens with zero attached hydrogens (tertiary/aromatic N) is 3. The lowest BCUT2D eigenvalue weighted by molar-refractivity contribution is 0.627. The van der Waals surface area contributed by atoms with Crippen molar-refractivity contribution in [3.63, 3.8) is 0 Å². The molecule has 0 atom stereocenters. The van der Waals surface area contributed by atoms with Crippen LogP contribution >= 0.6 is 0 Å². The fourth-order valence-electron chi connectivity index (χ4n) is 2.00. The van der Waals surface area contributed by atoms with Crippen LogP contribution in [-0.2, 0) is 6.54 Å². The van der Waals surface area contributed by atoms with Gasteiger partial charge < -0.3 is 10.3 Å². The highest BCUT2D eigenvalue weighted by molar-refractivity contribution is 5.55. The van der Waals surface area contributed by atoms with Gasteiger partial charge in [0.15, 0.2) is 5.82 Å². The molecule has 1 heterocycles. The summed E-state index contributed by atoms with van der Waals surface area (Å²) in [5, 5.41) is 8.19. The first-order chi connectivity index (χ1) is 8.29. The predicted molar refractivity (Wildman–Crippen MR) is 61.6 cm³/mol. The Labute approximate surface area is 98.3 Å². The topological polar surface area (TPSA) is 56.7 Å². The minimum Gasteiger partial charge on any atom is -0.324 e. The summed E-state index contributed by atoms with van der Waals surface area (Å²) in [6.45, 7) is 0.360. The van der Waals surface area contributed by atoms with Gasteiger partial charge in [-0.2, -0.15) is 0 Å². The fourth-order valence-corrected chi connectivity index (χ4v) is 2.00. The van der Waals surface area contributed by atoms with Gasteiger partial charge in [0.05, 0.1) is 6.54 Å². The molecule has 0 unspecified atom stereocenters. The smallest absolute Gasteiger partial charge is 0.164 e. The van der Waals surface area contributed by atoms with E-state index in [0.29, 0.717) is 18.4 Å². The lowest BCUT2D eigenvalue weighted by Crippen LogP contribution is -2.08. The number of benzene rings is 1. The summed E-state index contributed by atoms with van der Waals surface area (Å²) in [6, 6.07) is 6.85. The highest BCUT2D eigenvalue weighted by atomic mass is 19.1. The minimum absolute atomic E-state index is 0.262. The van der Waals surface area contributed by atoms with Crippen LogP contribution in [0.2, 0.25) is 0 Å². The van der Waals surface area contributed by atoms with Crippen molar-refractivity contribution in [2.75, 3.05) is 0 Å². The van der Waals surface area contributed by atoms with Gasteiger partial charge in [0.25, 0.3) is 0 Å². The molecule has 1 aromatic carbocycles. The first kappa shape index (κ1) is 10.4. The quantitative estimate of drug-likeness (QED) is 0.879. The van der Waals surface area contributed by atoms with Gasteiger partial charge in [0.2, 0.25) is 0 Å². The molecule has 5 heteroatoms. The van der Waals surface area contributed by atoms with Crippen LogP contribution in [0.3, 0.4) is 0 Å². The maximum Gasteiger partial charge on any atom is 0.164 e. The van der Waals surface area contributed by atoms with E-state index in [9.17, 15) is 4.39 Å². The molecular formula is C12H13FN4. The highest BCUT2D eigenvalue weighted by Crippen LogP contribution is 2.38. The van der Waals surface area contributed by atoms with E-state index in [1.54, 1.807) is 6.07 Å². The van der Waals surface area contributed by atoms with Gasteiger partial charge in [-0.15, -0.1) is 10.2 Å². The van der Waals surface area contributed by atoms with Gasteiger partial charge in [-0.3, -0.25) is 0 Å². The zero-order valence-electron chi connectivity index (χ0n) is 9.31. The first-order valence-corrected chi connectivity index (χ1v) is 5.69. The number of hydrogen-bond donors (Lipinski definition) is 1. The summed E-state index contributed by atoms with van der Waals surface area (Å²) in [5.41, 5.74) is 6.39. The molecule has 88 valence electrons. The van der Waals surface area contributed by atoms with E-state index in [2.05, 4.69) is 10.2 Å². The summed E-state index contributed by atoms with van der Waals surface area (Å²) in [4.78, 5) is 0. The van der Waals surface area contributed by atoms with Crippen LogP contribution in [0, 0.1) is 5.82 Å². The molecule has 17 heavy (non-hydrogen) atoms. The summed E-state index contributed by atoms with van der Waals surface area (Å²) in [7, 11) is 0. The monoisotopic (exact) mass is 232 g/mol. The third kappa shape index (κ3) is 1.82. The third-order valence-corrected chi connectivity index (χ3v) is 2.94. The van der Waals surface area contributed by atoms with Crippen molar-refractivity contribution in [1.29, 1.82) is 0 Å². The normalized spacial score (nSPS) is 15.2. The maximum atomic E-state index is 13.2. The van der Waals surface area contributed by atoms with Gasteiger partial charge >= 0.3 is 0 Å². The number of aromatic nitrogens is 3. The predicted octanol–water partition coefficient (Wildman–Crippen LogP) is 1.88. The standard InChI is InChI=1S/C12H13FN4/c13-9-3-1-2-8(6-9)12-16-15-11(7-14)17(12)10-4-5-10/h1-3,6,10H,4-5,7,14H2. The fraction of sp³-hybridized carbons (Fsp3) is 0.333. The zero-order chi connectivity index (χ0) is 11.8. The summed E-state index contributed by atoms with van der Waals surface area (Å²) in [5.74, 6) is 1.22. The Morgan fingerprint density at radius 2 is 2.18 bits per heavy atom. The van der Waals surface area contributed by atoms with Crippen molar-refractivity contribution in [3.05, 3.63) is 35.9 Å². The van der Waals surface area contributed by atoms with Crippen LogP contribution in [0.25, 0.3) is 11.4 Å². The molecule has 0 amide bonds. The Kier molecular flexibility index (Phi) is 2.40. The average Bonchev–Trinajstić information content (AvgIpc) is 3.08. The van der Waals surface area contributed by atoms with Gasteiger partial charge in [-0.25, -0.2) is 4.39 Å². The van der Waals surface area contributed by atoms with Gasteiger partial charge in [0, 0.05) is 11.6 Å². The SMILES string of the molecule is NCc1nnc(-c2cccc(F)c2)n1C1CC1. The molecule has 2 N–H and O–H groups in total. The van der Waals surface area contributed by atoms with Crippen molar-refractivity contribution in [2.45, 2.75) is 25.4 Å². The van der Waals surface area contributed by atoms with E-state index in [4.69, 9.17) is 5.73 Å². The second-order valence-electron chi connectivity index (χ2n) is 4.26. The third-order valence-electron chi connectivity index (χ3n) is 2.94. The molecule has 0 saturated heterocycles. The minimum atomic E-state index is -0.262. The molecule has 0 bridgehead atoms. The molecule has 1 aromatic heterocycles. The Bertz CT molecular complexity index is 545. The Balaban J connectivity index is 2.11. The van der Waals surface area contributed by atoms with Crippen molar-refractivity contribution >= 4 is 0 Å². The molecule has 4 nitrogen and oxygen atoms in total. The molecule has 0 spiro atoms. The Morgan fingerprint density at radius 3 is 2.82 bits per heavy atom. The van der Waals surface area contributed by atoms with Crippen LogP contribution in [-0.4, -0.2) is 14.8 Å². The largest absolute Gasteiger partial charge is 0.324 e. The number of rotatable bonds is 3. The second-order valence-corrected chi connectivity index (χ2v) is 4.26. The summed E-state index contributed by atoms with van der Waals surface area (Å²) >= 11 is 0. The number of nitrogens with two attached hydrogens (primary N) is 1. The first-order valence-electron chi connectivity index (χ1n) is 5.69. The molecule has 1 saturated carbocycles. The van der Waals surface area contributed by atoms with E-state index < -0.39 is 0 Å². The maximum absolute atomic E-state index is 13.2. The van der Waals surface area contributed by atoms with Crippen molar-refractivity contribution in [1.82, 2.24) is 14.8 Å². The van der Waals surface area contributed by atoms with E-state index >= 15 is 0 Å². The zero-order valence-corrected chi connectivity index (χ0v) is 9.31. The van der Waals surface area contributed by atoms with Crippen molar-refractivity contribution in [3.8, 4) is 11.4 Å². The summed E-state index contributed by atoms with van der Waals surface area (Å²) in [6.07, 6.45) is 2.24. The lowest BCUT2D eigenvalue weighted by Gasteiger charge is -2.07. The molecule has 1 aliphatic rings. The van der Waals surface area contributed by atoms with Crippen molar-refractivity contribution < 1.29 is 4.39 Å². The molecule has 1 fully saturated rings. The van der Waals surface area contributed by atoms with Crippen LogP contribution in [0.5, 0.6) is 0 Å². The average molecular weight is 232 g/mol. The van der Waals surface area contributed by atoms with E-state index in [-0.39, 0.29) is 5.82 Å². The van der Waals surface area contributed by atoms with E-state index in [0.717, 1.165) is 24.2 Å². The number of hydrogen-bond acceptors (Lipinski definition) is 3. The molecule has 0 radical (unpaired) electrons. The molecule has 0 aliphatic heterocycles. The number of halogens is 1. The van der Waals surface area contributed by atoms with Gasteiger partial charge in [-0.1, -0.05) is 12.1 Å². The van der Waals surface area contributed by atoms with E-state index in [1.165, 1.54) is 12.1 Å². The van der Waals surface area contributed by atoms with Crippen LogP contribution in [0.15, 0.2) is 24.3 Å². The van der Waals surface area contributed by atoms with Crippen LogP contribution in [0.1, 0.15) is 24.7 Å². The van der Waals surface area contributed by atoms with E-state index in [1.807, 2.05) is 10.6 Å². The highest BCUT2D eigenvalue weighted by Gasteiger charge is 2.29. The molecule has 3 rings (SSSR count). The Morgan fingerprint density at radius 1 is 1.35 bits per heavy atom. The van der Waals surface area contributed by atoms with Crippen LogP contribution < -0.4 is 5.73 Å². The lowest BCUT2D eigenvalue weighted by atomic mass is 10.2. The van der Waals surface area contributed by atoms with Crippen molar-refractivity contribution in [2.24, 2.45) is 5.73 Å². The second kappa shape index (κ2) is 3.92.